The number of nitrogens with zero attached hydrogens (tertiary/aromatic N) is 5. The van der Waals surface area contributed by atoms with E-state index in [4.69, 9.17) is 24.4 Å². The van der Waals surface area contributed by atoms with Gasteiger partial charge in [0.15, 0.2) is 0 Å². The van der Waals surface area contributed by atoms with Crippen molar-refractivity contribution in [2.24, 2.45) is 0 Å². The molecule has 1 aromatic rings. The van der Waals surface area contributed by atoms with E-state index in [0.717, 1.165) is 57.4 Å². The Labute approximate surface area is 257 Å². The molecule has 3 rings (SSSR count). The van der Waals surface area contributed by atoms with Crippen LogP contribution in [0.3, 0.4) is 0 Å². The first-order valence-electron chi connectivity index (χ1n) is 16.5. The summed E-state index contributed by atoms with van der Waals surface area (Å²) in [5.74, 6) is 0.774. The molecular formula is C35H61N5O2. The fourth-order valence-corrected chi connectivity index (χ4v) is 7.82. The quantitative estimate of drug-likeness (QED) is 0.153. The molecule has 0 aromatic carbocycles. The molecule has 0 amide bonds. The van der Waals surface area contributed by atoms with E-state index in [1.807, 2.05) is 12.2 Å². The minimum absolute atomic E-state index is 0.00761. The summed E-state index contributed by atoms with van der Waals surface area (Å²) in [4.78, 5) is 19.5. The van der Waals surface area contributed by atoms with Gasteiger partial charge >= 0.3 is 12.0 Å². The summed E-state index contributed by atoms with van der Waals surface area (Å²) >= 11 is 0. The van der Waals surface area contributed by atoms with Crippen LogP contribution < -0.4 is 9.47 Å². The highest BCUT2D eigenvalue weighted by molar-refractivity contribution is 5.11. The van der Waals surface area contributed by atoms with Gasteiger partial charge in [0.2, 0.25) is 0 Å². The Kier molecular flexibility index (Phi) is 11.7. The fraction of sp³-hybridized carbons (Fsp3) is 0.800. The van der Waals surface area contributed by atoms with Crippen LogP contribution in [0.15, 0.2) is 25.3 Å². The predicted molar refractivity (Wildman–Crippen MR) is 174 cm³/mol. The topological polar surface area (TPSA) is 63.6 Å². The Morgan fingerprint density at radius 1 is 0.643 bits per heavy atom. The zero-order chi connectivity index (χ0) is 31.2. The van der Waals surface area contributed by atoms with Crippen molar-refractivity contribution in [1.82, 2.24) is 24.8 Å². The third kappa shape index (κ3) is 9.01. The average molecular weight is 584 g/mol. The van der Waals surface area contributed by atoms with Crippen LogP contribution in [0.25, 0.3) is 0 Å². The van der Waals surface area contributed by atoms with E-state index in [1.54, 1.807) is 0 Å². The van der Waals surface area contributed by atoms with E-state index in [2.05, 4.69) is 85.3 Å². The van der Waals surface area contributed by atoms with Gasteiger partial charge in [-0.15, -0.1) is 18.1 Å². The number of likely N-dealkylation sites (tertiary alicyclic amines) is 2. The molecule has 0 saturated carbocycles. The first-order valence-corrected chi connectivity index (χ1v) is 16.5. The minimum Gasteiger partial charge on any atom is -0.460 e. The second-order valence-corrected chi connectivity index (χ2v) is 15.2. The number of hydrogen-bond donors (Lipinski definition) is 0. The van der Waals surface area contributed by atoms with Crippen molar-refractivity contribution in [3.63, 3.8) is 0 Å². The Hall–Kier alpha value is -1.99. The second kappa shape index (κ2) is 14.2. The second-order valence-electron chi connectivity index (χ2n) is 15.2. The van der Waals surface area contributed by atoms with Crippen molar-refractivity contribution in [3.8, 4) is 12.0 Å². The number of rotatable bonds is 15. The molecule has 0 aliphatic carbocycles. The van der Waals surface area contributed by atoms with E-state index in [1.165, 1.54) is 32.1 Å². The van der Waals surface area contributed by atoms with Gasteiger partial charge in [0.05, 0.1) is 0 Å². The molecule has 7 nitrogen and oxygen atoms in total. The summed E-state index contributed by atoms with van der Waals surface area (Å²) < 4.78 is 13.2. The summed E-state index contributed by atoms with van der Waals surface area (Å²) in [7, 11) is 0. The zero-order valence-electron chi connectivity index (χ0n) is 28.5. The molecule has 0 bridgehead atoms. The van der Waals surface area contributed by atoms with Crippen LogP contribution >= 0.6 is 0 Å². The smallest absolute Gasteiger partial charge is 0.323 e. The highest BCUT2D eigenvalue weighted by Gasteiger charge is 2.47. The molecule has 2 aliphatic rings. The average Bonchev–Trinajstić information content (AvgIpc) is 2.84. The summed E-state index contributed by atoms with van der Waals surface area (Å²) in [6.07, 6.45) is 15.8. The van der Waals surface area contributed by atoms with Crippen molar-refractivity contribution in [2.75, 3.05) is 13.1 Å². The molecule has 0 unspecified atom stereocenters. The molecule has 0 atom stereocenters. The normalized spacial score (nSPS) is 22.5. The molecule has 0 radical (unpaired) electrons. The molecule has 42 heavy (non-hydrogen) atoms. The van der Waals surface area contributed by atoms with E-state index in [0.29, 0.717) is 12.0 Å². The first kappa shape index (κ1) is 34.5. The van der Waals surface area contributed by atoms with Crippen LogP contribution in [0.5, 0.6) is 12.0 Å². The van der Waals surface area contributed by atoms with Crippen molar-refractivity contribution >= 4 is 0 Å². The molecule has 2 fully saturated rings. The van der Waals surface area contributed by atoms with E-state index in [-0.39, 0.29) is 34.4 Å². The number of aryl methyl sites for hydroxylation is 1. The van der Waals surface area contributed by atoms with Gasteiger partial charge in [0.1, 0.15) is 18.0 Å². The molecule has 238 valence electrons. The van der Waals surface area contributed by atoms with Crippen LogP contribution in [0.2, 0.25) is 0 Å². The molecule has 7 heteroatoms. The summed E-state index contributed by atoms with van der Waals surface area (Å²) in [6.45, 7) is 30.3. The lowest BCUT2D eigenvalue weighted by atomic mass is 9.78. The maximum absolute atomic E-state index is 6.60. The van der Waals surface area contributed by atoms with Gasteiger partial charge in [-0.1, -0.05) is 51.2 Å². The standard InChI is InChI=1S/C35H61N5O2/c1-12-15-16-17-18-19-20-29-36-30(41-27-23-32(4,5)39(21-13-2)33(6,7)24-27)38-31(37-29)42-28-25-34(8,9)40(22-14-3)35(10,11)26-28/h13-14,27-28H,2-3,12,15-26H2,1,4-11H3. The number of ether oxygens (including phenoxy) is 2. The van der Waals surface area contributed by atoms with Crippen molar-refractivity contribution in [1.29, 1.82) is 0 Å². The number of hydrogen-bond acceptors (Lipinski definition) is 7. The summed E-state index contributed by atoms with van der Waals surface area (Å²) in [5, 5.41) is 0. The van der Waals surface area contributed by atoms with Crippen molar-refractivity contribution in [2.45, 2.75) is 167 Å². The van der Waals surface area contributed by atoms with Gasteiger partial charge in [-0.25, -0.2) is 0 Å². The van der Waals surface area contributed by atoms with E-state index in [9.17, 15) is 0 Å². The molecular weight excluding hydrogens is 522 g/mol. The maximum atomic E-state index is 6.60. The van der Waals surface area contributed by atoms with Gasteiger partial charge in [0, 0.05) is 67.3 Å². The zero-order valence-corrected chi connectivity index (χ0v) is 28.5. The number of aromatic nitrogens is 3. The lowest BCUT2D eigenvalue weighted by Crippen LogP contribution is -2.62. The molecule has 2 aliphatic heterocycles. The molecule has 2 saturated heterocycles. The molecule has 3 heterocycles. The maximum Gasteiger partial charge on any atom is 0.323 e. The Balaban J connectivity index is 1.81. The third-order valence-corrected chi connectivity index (χ3v) is 9.39. The van der Waals surface area contributed by atoms with Crippen LogP contribution in [0.4, 0.5) is 0 Å². The highest BCUT2D eigenvalue weighted by Crippen LogP contribution is 2.41. The molecule has 0 spiro atoms. The van der Waals surface area contributed by atoms with Crippen molar-refractivity contribution in [3.05, 3.63) is 31.1 Å². The van der Waals surface area contributed by atoms with Crippen LogP contribution in [0, 0.1) is 0 Å². The molecule has 1 aromatic heterocycles. The summed E-state index contributed by atoms with van der Waals surface area (Å²) in [6, 6.07) is 0.801. The highest BCUT2D eigenvalue weighted by atomic mass is 16.5. The van der Waals surface area contributed by atoms with Crippen LogP contribution in [0.1, 0.15) is 132 Å². The van der Waals surface area contributed by atoms with Gasteiger partial charge < -0.3 is 9.47 Å². The number of unbranched alkanes of at least 4 members (excludes halogenated alkanes) is 5. The predicted octanol–water partition coefficient (Wildman–Crippen LogP) is 7.95. The fourth-order valence-electron chi connectivity index (χ4n) is 7.82. The van der Waals surface area contributed by atoms with E-state index >= 15 is 0 Å². The Bertz CT molecular complexity index is 928. The lowest BCUT2D eigenvalue weighted by molar-refractivity contribution is -0.0704. The Morgan fingerprint density at radius 2 is 1.02 bits per heavy atom. The van der Waals surface area contributed by atoms with Crippen molar-refractivity contribution < 1.29 is 9.47 Å². The van der Waals surface area contributed by atoms with Gasteiger partial charge in [-0.2, -0.15) is 9.97 Å². The number of piperidine rings is 2. The lowest BCUT2D eigenvalue weighted by Gasteiger charge is -2.54. The summed E-state index contributed by atoms with van der Waals surface area (Å²) in [5.41, 5.74) is -0.147. The van der Waals surface area contributed by atoms with E-state index < -0.39 is 0 Å². The Morgan fingerprint density at radius 3 is 1.40 bits per heavy atom. The van der Waals surface area contributed by atoms with Crippen LogP contribution in [-0.2, 0) is 6.42 Å². The van der Waals surface area contributed by atoms with Crippen LogP contribution in [-0.4, -0.2) is 72.2 Å². The largest absolute Gasteiger partial charge is 0.460 e. The minimum atomic E-state index is -0.0368. The van der Waals surface area contributed by atoms with Gasteiger partial charge in [-0.05, 0) is 61.8 Å². The van der Waals surface area contributed by atoms with Gasteiger partial charge in [-0.3, -0.25) is 9.80 Å². The SMILES string of the molecule is C=CCN1C(C)(C)CC(Oc2nc(CCCCCCCC)nc(OC3CC(C)(C)N(CC=C)C(C)(C)C3)n2)CC1(C)C. The van der Waals surface area contributed by atoms with Gasteiger partial charge in [0.25, 0.3) is 0 Å². The third-order valence-electron chi connectivity index (χ3n) is 9.39. The molecule has 0 N–H and O–H groups in total. The first-order chi connectivity index (χ1) is 19.6. The monoisotopic (exact) mass is 583 g/mol.